The minimum absolute atomic E-state index is 0.194. The molecule has 2 heterocycles. The molecule has 2 aliphatic rings. The Morgan fingerprint density at radius 3 is 2.40 bits per heavy atom. The normalized spacial score (nSPS) is 30.0. The second-order valence-electron chi connectivity index (χ2n) is 4.41. The van der Waals surface area contributed by atoms with Gasteiger partial charge in [0.15, 0.2) is 0 Å². The summed E-state index contributed by atoms with van der Waals surface area (Å²) in [6.45, 7) is 0. The number of nitriles is 1. The highest BCUT2D eigenvalue weighted by Gasteiger charge is 2.37. The number of rotatable bonds is 1. The molecule has 0 spiro atoms. The summed E-state index contributed by atoms with van der Waals surface area (Å²) in [5.74, 6) is -0.573. The van der Waals surface area contributed by atoms with Crippen LogP contribution in [0.25, 0.3) is 0 Å². The van der Waals surface area contributed by atoms with Gasteiger partial charge in [-0.25, -0.2) is 0 Å². The Morgan fingerprint density at radius 2 is 2.00 bits per heavy atom. The van der Waals surface area contributed by atoms with E-state index in [2.05, 4.69) is 11.9 Å². The number of nitrogens with two attached hydrogens (primary N) is 1. The number of piperidine rings is 1. The average Bonchev–Trinajstić information content (AvgIpc) is 2.43. The first kappa shape index (κ1) is 10.2. The summed E-state index contributed by atoms with van der Waals surface area (Å²) in [5, 5.41) is 8.89. The lowest BCUT2D eigenvalue weighted by atomic mass is 9.93. The zero-order valence-corrected chi connectivity index (χ0v) is 8.86. The van der Waals surface area contributed by atoms with Crippen LogP contribution in [0, 0.1) is 11.3 Å². The third kappa shape index (κ3) is 1.64. The zero-order valence-electron chi connectivity index (χ0n) is 8.86. The molecule has 4 heteroatoms. The highest BCUT2D eigenvalue weighted by atomic mass is 16.1. The molecule has 2 aliphatic heterocycles. The molecular formula is C11H15N3O. The lowest BCUT2D eigenvalue weighted by molar-refractivity contribution is -0.114. The minimum atomic E-state index is -0.573. The van der Waals surface area contributed by atoms with Gasteiger partial charge in [-0.1, -0.05) is 0 Å². The topological polar surface area (TPSA) is 70.1 Å². The van der Waals surface area contributed by atoms with Crippen molar-refractivity contribution in [1.29, 1.82) is 5.26 Å². The highest BCUT2D eigenvalue weighted by molar-refractivity contribution is 5.96. The SMILES string of the molecule is CN1[C@@H]2CC[C@@H]1CC(=C(C#N)C(N)=O)C2. The van der Waals surface area contributed by atoms with Gasteiger partial charge in [0, 0.05) is 12.1 Å². The third-order valence-electron chi connectivity index (χ3n) is 3.66. The summed E-state index contributed by atoms with van der Waals surface area (Å²) in [4.78, 5) is 13.4. The number of nitrogens with zero attached hydrogens (tertiary/aromatic N) is 2. The van der Waals surface area contributed by atoms with Crippen LogP contribution >= 0.6 is 0 Å². The fourth-order valence-corrected chi connectivity index (χ4v) is 2.75. The number of primary amides is 1. The summed E-state index contributed by atoms with van der Waals surface area (Å²) in [6.07, 6.45) is 4.00. The van der Waals surface area contributed by atoms with Gasteiger partial charge < -0.3 is 5.73 Å². The van der Waals surface area contributed by atoms with E-state index in [1.807, 2.05) is 6.07 Å². The molecule has 2 N–H and O–H groups in total. The molecule has 2 fully saturated rings. The maximum Gasteiger partial charge on any atom is 0.259 e. The molecule has 0 radical (unpaired) electrons. The van der Waals surface area contributed by atoms with Crippen LogP contribution in [0.5, 0.6) is 0 Å². The van der Waals surface area contributed by atoms with Gasteiger partial charge in [-0.05, 0) is 38.3 Å². The van der Waals surface area contributed by atoms with Gasteiger partial charge >= 0.3 is 0 Å². The first-order valence-corrected chi connectivity index (χ1v) is 5.27. The molecule has 0 unspecified atom stereocenters. The molecule has 2 atom stereocenters. The van der Waals surface area contributed by atoms with Crippen LogP contribution < -0.4 is 5.73 Å². The summed E-state index contributed by atoms with van der Waals surface area (Å²) in [5.41, 5.74) is 6.35. The van der Waals surface area contributed by atoms with E-state index in [-0.39, 0.29) is 5.57 Å². The van der Waals surface area contributed by atoms with Crippen molar-refractivity contribution in [3.05, 3.63) is 11.1 Å². The van der Waals surface area contributed by atoms with E-state index in [1.165, 1.54) is 12.8 Å². The third-order valence-corrected chi connectivity index (χ3v) is 3.66. The second-order valence-corrected chi connectivity index (χ2v) is 4.41. The Balaban J connectivity index is 2.28. The van der Waals surface area contributed by atoms with E-state index in [0.717, 1.165) is 18.4 Å². The van der Waals surface area contributed by atoms with Crippen LogP contribution in [-0.2, 0) is 4.79 Å². The standard InChI is InChI=1S/C11H15N3O/c1-14-8-2-3-9(14)5-7(4-8)10(6-12)11(13)15/h8-9H,2-5H2,1H3,(H2,13,15)/t8-,9-/m1/s1. The predicted molar refractivity (Wildman–Crippen MR) is 55.6 cm³/mol. The zero-order chi connectivity index (χ0) is 11.0. The van der Waals surface area contributed by atoms with Crippen molar-refractivity contribution in [3.8, 4) is 6.07 Å². The molecular weight excluding hydrogens is 190 g/mol. The molecule has 15 heavy (non-hydrogen) atoms. The first-order valence-electron chi connectivity index (χ1n) is 5.27. The highest BCUT2D eigenvalue weighted by Crippen LogP contribution is 2.38. The molecule has 0 saturated carbocycles. The van der Waals surface area contributed by atoms with E-state index in [4.69, 9.17) is 11.0 Å². The Labute approximate surface area is 89.3 Å². The molecule has 0 aromatic carbocycles. The van der Waals surface area contributed by atoms with Gasteiger partial charge in [-0.15, -0.1) is 0 Å². The Hall–Kier alpha value is -1.34. The molecule has 0 aliphatic carbocycles. The van der Waals surface area contributed by atoms with Crippen LogP contribution in [-0.4, -0.2) is 29.9 Å². The number of carbonyl (C=O) groups excluding carboxylic acids is 1. The van der Waals surface area contributed by atoms with Crippen molar-refractivity contribution in [2.24, 2.45) is 5.73 Å². The van der Waals surface area contributed by atoms with Crippen LogP contribution in [0.1, 0.15) is 25.7 Å². The largest absolute Gasteiger partial charge is 0.365 e. The van der Waals surface area contributed by atoms with E-state index < -0.39 is 5.91 Å². The van der Waals surface area contributed by atoms with Gasteiger partial charge in [0.1, 0.15) is 11.6 Å². The van der Waals surface area contributed by atoms with E-state index in [0.29, 0.717) is 12.1 Å². The lowest BCUT2D eigenvalue weighted by Gasteiger charge is -2.32. The van der Waals surface area contributed by atoms with Crippen molar-refractivity contribution in [3.63, 3.8) is 0 Å². The van der Waals surface area contributed by atoms with Crippen molar-refractivity contribution >= 4 is 5.91 Å². The molecule has 2 rings (SSSR count). The molecule has 80 valence electrons. The van der Waals surface area contributed by atoms with Gasteiger partial charge in [0.05, 0.1) is 0 Å². The Morgan fingerprint density at radius 1 is 1.47 bits per heavy atom. The smallest absolute Gasteiger partial charge is 0.259 e. The maximum absolute atomic E-state index is 11.1. The second kappa shape index (κ2) is 3.67. The summed E-state index contributed by atoms with van der Waals surface area (Å²) in [6, 6.07) is 2.94. The monoisotopic (exact) mass is 205 g/mol. The van der Waals surface area contributed by atoms with E-state index >= 15 is 0 Å². The number of fused-ring (bicyclic) bond motifs is 2. The quantitative estimate of drug-likeness (QED) is 0.502. The predicted octanol–water partition coefficient (Wildman–Crippen LogP) is 0.548. The van der Waals surface area contributed by atoms with Gasteiger partial charge in [0.2, 0.25) is 0 Å². The molecule has 2 saturated heterocycles. The summed E-state index contributed by atoms with van der Waals surface area (Å²) < 4.78 is 0. The van der Waals surface area contributed by atoms with E-state index in [9.17, 15) is 4.79 Å². The number of amides is 1. The van der Waals surface area contributed by atoms with Crippen LogP contribution in [0.2, 0.25) is 0 Å². The maximum atomic E-state index is 11.1. The van der Waals surface area contributed by atoms with Crippen LogP contribution in [0.15, 0.2) is 11.1 Å². The molecule has 4 nitrogen and oxygen atoms in total. The van der Waals surface area contributed by atoms with Crippen molar-refractivity contribution in [1.82, 2.24) is 4.90 Å². The number of carbonyl (C=O) groups is 1. The fourth-order valence-electron chi connectivity index (χ4n) is 2.75. The lowest BCUT2D eigenvalue weighted by Crippen LogP contribution is -2.37. The minimum Gasteiger partial charge on any atom is -0.365 e. The van der Waals surface area contributed by atoms with Gasteiger partial charge in [-0.2, -0.15) is 5.26 Å². The van der Waals surface area contributed by atoms with E-state index in [1.54, 1.807) is 0 Å². The molecule has 0 aromatic heterocycles. The fraction of sp³-hybridized carbons (Fsp3) is 0.636. The summed E-state index contributed by atoms with van der Waals surface area (Å²) in [7, 11) is 2.12. The molecule has 1 amide bonds. The van der Waals surface area contributed by atoms with Crippen molar-refractivity contribution in [2.75, 3.05) is 7.05 Å². The first-order chi connectivity index (χ1) is 7.13. The van der Waals surface area contributed by atoms with Gasteiger partial charge in [0.25, 0.3) is 5.91 Å². The number of hydrogen-bond donors (Lipinski definition) is 1. The molecule has 0 aromatic rings. The van der Waals surface area contributed by atoms with Crippen molar-refractivity contribution in [2.45, 2.75) is 37.8 Å². The number of hydrogen-bond acceptors (Lipinski definition) is 3. The van der Waals surface area contributed by atoms with Crippen LogP contribution in [0.4, 0.5) is 0 Å². The van der Waals surface area contributed by atoms with Crippen LogP contribution in [0.3, 0.4) is 0 Å². The van der Waals surface area contributed by atoms with Gasteiger partial charge in [-0.3, -0.25) is 9.69 Å². The Bertz CT molecular complexity index is 351. The Kier molecular flexibility index (Phi) is 2.49. The molecule has 2 bridgehead atoms. The average molecular weight is 205 g/mol. The summed E-state index contributed by atoms with van der Waals surface area (Å²) >= 11 is 0. The van der Waals surface area contributed by atoms with Crippen molar-refractivity contribution < 1.29 is 4.79 Å².